The first-order chi connectivity index (χ1) is 13.7. The van der Waals surface area contributed by atoms with E-state index in [1.54, 1.807) is 0 Å². The van der Waals surface area contributed by atoms with Crippen molar-refractivity contribution in [2.24, 2.45) is 0 Å². The average Bonchev–Trinajstić information content (AvgIpc) is 2.67. The molecule has 0 spiro atoms. The van der Waals surface area contributed by atoms with Gasteiger partial charge in [0.1, 0.15) is 5.75 Å². The Morgan fingerprint density at radius 2 is 1.59 bits per heavy atom. The molecule has 6 heteroatoms. The van der Waals surface area contributed by atoms with Gasteiger partial charge in [0.15, 0.2) is 0 Å². The summed E-state index contributed by atoms with van der Waals surface area (Å²) in [7, 11) is 10.3. The van der Waals surface area contributed by atoms with Gasteiger partial charge >= 0.3 is 35.6 Å². The van der Waals surface area contributed by atoms with Crippen molar-refractivity contribution in [2.45, 2.75) is 59.3 Å². The van der Waals surface area contributed by atoms with Crippen LogP contribution in [0.25, 0.3) is 0 Å². The molecule has 0 aromatic heterocycles. The predicted molar refractivity (Wildman–Crippen MR) is 128 cm³/mol. The number of phenols is 1. The molecule has 0 saturated carbocycles. The van der Waals surface area contributed by atoms with Crippen LogP contribution in [-0.2, 0) is 22.4 Å². The number of benzene rings is 2. The second-order valence-electron chi connectivity index (χ2n) is 8.70. The van der Waals surface area contributed by atoms with Gasteiger partial charge in [-0.1, -0.05) is 47.6 Å². The third-order valence-corrected chi connectivity index (χ3v) is 6.63. The van der Waals surface area contributed by atoms with Crippen LogP contribution < -0.4 is 15.5 Å². The van der Waals surface area contributed by atoms with Crippen molar-refractivity contribution in [3.05, 3.63) is 47.0 Å². The fraction of sp³-hybridized carbons (Fsp3) is 0.478. The van der Waals surface area contributed by atoms with Gasteiger partial charge in [-0.2, -0.15) is 0 Å². The zero-order chi connectivity index (χ0) is 21.6. The van der Waals surface area contributed by atoms with Gasteiger partial charge in [-0.25, -0.2) is 0 Å². The minimum absolute atomic E-state index is 0.0840. The zero-order valence-corrected chi connectivity index (χ0v) is 22.1. The van der Waals surface area contributed by atoms with Gasteiger partial charge in [0, 0.05) is 29.4 Å². The second-order valence-corrected chi connectivity index (χ2v) is 12.6. The van der Waals surface area contributed by atoms with Gasteiger partial charge in [-0.15, -0.1) is 0 Å². The fourth-order valence-corrected chi connectivity index (χ4v) is 4.96. The zero-order valence-electron chi connectivity index (χ0n) is 18.1. The van der Waals surface area contributed by atoms with Crippen molar-refractivity contribution < 1.29 is 22.1 Å². The van der Waals surface area contributed by atoms with Gasteiger partial charge in [-0.05, 0) is 67.3 Å². The molecule has 1 aliphatic rings. The quantitative estimate of drug-likeness (QED) is 0.405. The van der Waals surface area contributed by atoms with E-state index < -0.39 is 17.0 Å². The molecule has 2 aromatic rings. The van der Waals surface area contributed by atoms with Crippen LogP contribution in [0, 0.1) is 13.8 Å². The van der Waals surface area contributed by atoms with E-state index in [9.17, 15) is 5.11 Å². The van der Waals surface area contributed by atoms with Gasteiger partial charge in [-0.3, -0.25) is 0 Å². The number of nitrogens with zero attached hydrogens (tertiary/aromatic N) is 1. The number of aromatic hydroxyl groups is 1. The second kappa shape index (κ2) is 11.4. The molecule has 0 radical (unpaired) electrons. The summed E-state index contributed by atoms with van der Waals surface area (Å²) in [6.07, 6.45) is 3.90. The molecule has 1 fully saturated rings. The molecule has 3 rings (SSSR count). The molecular weight excluding hydrogens is 456 g/mol. The third-order valence-electron chi connectivity index (χ3n) is 5.29. The summed E-state index contributed by atoms with van der Waals surface area (Å²) in [5.41, 5.74) is 5.03. The summed E-state index contributed by atoms with van der Waals surface area (Å²) in [6.45, 7) is 13.2. The molecule has 2 nitrogen and oxygen atoms in total. The first-order valence-corrected chi connectivity index (χ1v) is 15.4. The van der Waals surface area contributed by atoms with Crippen LogP contribution in [-0.4, -0.2) is 18.2 Å². The monoisotopic (exact) mass is 487 g/mol. The number of rotatable bonds is 3. The predicted octanol–water partition coefficient (Wildman–Crippen LogP) is 6.30. The van der Waals surface area contributed by atoms with Gasteiger partial charge in [0.2, 0.25) is 0 Å². The molecule has 2 aromatic carbocycles. The normalized spacial score (nSPS) is 14.7. The van der Waals surface area contributed by atoms with Crippen molar-refractivity contribution in [1.82, 2.24) is 0 Å². The Balaban J connectivity index is 0.000000941. The van der Waals surface area contributed by atoms with Crippen LogP contribution in [0.4, 0.5) is 5.69 Å². The van der Waals surface area contributed by atoms with Crippen molar-refractivity contribution in [3.8, 4) is 5.75 Å². The number of hydrogen-bond acceptors (Lipinski definition) is 2. The van der Waals surface area contributed by atoms with Crippen LogP contribution in [0.3, 0.4) is 0 Å². The van der Waals surface area contributed by atoms with E-state index in [-0.39, 0.29) is 5.41 Å². The van der Waals surface area contributed by atoms with Crippen molar-refractivity contribution in [2.75, 3.05) is 18.0 Å². The van der Waals surface area contributed by atoms with Gasteiger partial charge in [0.05, 0.1) is 0 Å². The number of anilines is 1. The molecule has 0 amide bonds. The Morgan fingerprint density at radius 3 is 2.17 bits per heavy atom. The van der Waals surface area contributed by atoms with E-state index in [0.717, 1.165) is 24.0 Å². The van der Waals surface area contributed by atoms with Gasteiger partial charge < -0.3 is 10.0 Å². The molecule has 1 saturated heterocycles. The summed E-state index contributed by atoms with van der Waals surface area (Å²) in [4.78, 5) is 2.54. The Hall–Kier alpha value is -0.236. The van der Waals surface area contributed by atoms with E-state index in [0.29, 0.717) is 14.3 Å². The van der Waals surface area contributed by atoms with Crippen LogP contribution in [0.2, 0.25) is 0 Å². The molecule has 1 N–H and O–H groups in total. The molecule has 1 unspecified atom stereocenters. The average molecular weight is 488 g/mol. The van der Waals surface area contributed by atoms with E-state index in [1.165, 1.54) is 41.4 Å². The summed E-state index contributed by atoms with van der Waals surface area (Å²) in [5.74, 6) is 0.460. The number of hydrogen-bond donors (Lipinski definition) is 1. The molecule has 158 valence electrons. The molecular formula is C23H32Cl2NOPTi. The van der Waals surface area contributed by atoms with Crippen LogP contribution >= 0.6 is 27.2 Å². The van der Waals surface area contributed by atoms with Crippen molar-refractivity contribution >= 4 is 43.5 Å². The number of piperidine rings is 1. The molecule has 1 aliphatic heterocycles. The van der Waals surface area contributed by atoms with Crippen molar-refractivity contribution in [1.29, 1.82) is 0 Å². The minimum atomic E-state index is -0.556. The Labute approximate surface area is 194 Å². The molecule has 1 atom stereocenters. The molecule has 0 aliphatic carbocycles. The van der Waals surface area contributed by atoms with E-state index >= 15 is 0 Å². The summed E-state index contributed by atoms with van der Waals surface area (Å²) < 4.78 is 0. The third kappa shape index (κ3) is 7.15. The number of aryl methyl sites for hydroxylation is 2. The first-order valence-electron chi connectivity index (χ1n) is 10.1. The standard InChI is InChI=1S/C23H32NOP.2ClH.Ti/c1-16-9-10-20(19(13-16)24-11-7-6-8-12-24)26-21-15-18(23(3,4)5)14-17(2)22(21)25;;;/h9-10,13-15,25-26H,6-8,11-12H2,1-5H3;2*1H;/q;;;+2/p-2. The summed E-state index contributed by atoms with van der Waals surface area (Å²) in [5, 5.41) is 13.1. The van der Waals surface area contributed by atoms with Crippen molar-refractivity contribution in [3.63, 3.8) is 0 Å². The van der Waals surface area contributed by atoms with Gasteiger partial charge in [0.25, 0.3) is 0 Å². The topological polar surface area (TPSA) is 23.5 Å². The van der Waals surface area contributed by atoms with E-state index in [1.807, 2.05) is 6.92 Å². The fourth-order valence-electron chi connectivity index (χ4n) is 3.60. The van der Waals surface area contributed by atoms with E-state index in [4.69, 9.17) is 18.6 Å². The number of halogens is 2. The maximum atomic E-state index is 10.7. The maximum absolute atomic E-state index is 10.7. The van der Waals surface area contributed by atoms with Crippen LogP contribution in [0.15, 0.2) is 30.3 Å². The first kappa shape index (κ1) is 25.0. The van der Waals surface area contributed by atoms with E-state index in [2.05, 4.69) is 62.9 Å². The van der Waals surface area contributed by atoms with Crippen LogP contribution in [0.1, 0.15) is 56.7 Å². The molecule has 29 heavy (non-hydrogen) atoms. The summed E-state index contributed by atoms with van der Waals surface area (Å²) in [6, 6.07) is 11.1. The number of phenolic OH excluding ortho intramolecular Hbond substituents is 1. The van der Waals surface area contributed by atoms with Crippen LogP contribution in [0.5, 0.6) is 5.75 Å². The molecule has 1 heterocycles. The Bertz CT molecular complexity index is 817. The summed E-state index contributed by atoms with van der Waals surface area (Å²) >= 11 is -0.556. The SMILES string of the molecule is Cc1ccc(Pc2cc(C(C)(C)C)cc(C)c2O)c(N2CCCCC2)c1.[Cl][Ti][Cl]. The molecule has 0 bridgehead atoms. The Morgan fingerprint density at radius 1 is 0.966 bits per heavy atom. The Kier molecular flexibility index (Phi) is 9.84.